The molecule has 0 radical (unpaired) electrons. The van der Waals surface area contributed by atoms with E-state index in [0.717, 1.165) is 6.42 Å². The van der Waals surface area contributed by atoms with Gasteiger partial charge in [0.15, 0.2) is 0 Å². The molecule has 2 amide bonds. The van der Waals surface area contributed by atoms with Crippen LogP contribution in [0.1, 0.15) is 41.0 Å². The van der Waals surface area contributed by atoms with Gasteiger partial charge in [-0.3, -0.25) is 9.59 Å². The van der Waals surface area contributed by atoms with Gasteiger partial charge in [-0.25, -0.2) is 4.79 Å². The molecule has 0 aliphatic carbocycles. The van der Waals surface area contributed by atoms with E-state index < -0.39 is 35.9 Å². The Bertz CT molecular complexity index is 384. The van der Waals surface area contributed by atoms with Gasteiger partial charge in [0.1, 0.15) is 12.1 Å². The van der Waals surface area contributed by atoms with Crippen LogP contribution in [0.15, 0.2) is 0 Å². The number of hydrogen-bond acceptors (Lipinski definition) is 4. The molecule has 0 fully saturated rings. The number of carboxylic acids is 1. The molecule has 0 bridgehead atoms. The molecule has 7 nitrogen and oxygen atoms in total. The van der Waals surface area contributed by atoms with Crippen molar-refractivity contribution in [2.75, 3.05) is 0 Å². The van der Waals surface area contributed by atoms with Crippen LogP contribution in [0.2, 0.25) is 0 Å². The summed E-state index contributed by atoms with van der Waals surface area (Å²) in [5.74, 6) is -2.31. The molecule has 0 saturated carbocycles. The van der Waals surface area contributed by atoms with Crippen molar-refractivity contribution in [1.82, 2.24) is 10.6 Å². The standard InChI is InChI=1S/C14H27N3O4/c1-6-8(4)10(15)13(19)16-9(5)12(18)17-11(7(2)3)14(20)21/h7-11H,6,15H2,1-5H3,(H,16,19)(H,17,18)(H,20,21)/t8-,9-,10-,11-/m0/s1. The number of carboxylic acid groups (broad SMARTS) is 1. The quantitative estimate of drug-likeness (QED) is 0.506. The van der Waals surface area contributed by atoms with E-state index in [0.29, 0.717) is 0 Å². The molecular formula is C14H27N3O4. The predicted molar refractivity (Wildman–Crippen MR) is 79.4 cm³/mol. The van der Waals surface area contributed by atoms with E-state index >= 15 is 0 Å². The van der Waals surface area contributed by atoms with Gasteiger partial charge in [0, 0.05) is 0 Å². The zero-order valence-electron chi connectivity index (χ0n) is 13.3. The zero-order chi connectivity index (χ0) is 16.7. The first kappa shape index (κ1) is 19.4. The molecule has 0 aromatic carbocycles. The molecule has 0 saturated heterocycles. The van der Waals surface area contributed by atoms with E-state index in [9.17, 15) is 14.4 Å². The third-order valence-corrected chi connectivity index (χ3v) is 3.54. The van der Waals surface area contributed by atoms with Crippen LogP contribution >= 0.6 is 0 Å². The van der Waals surface area contributed by atoms with Crippen LogP contribution in [-0.4, -0.2) is 41.0 Å². The minimum absolute atomic E-state index is 0.00249. The second kappa shape index (κ2) is 8.61. The summed E-state index contributed by atoms with van der Waals surface area (Å²) in [5.41, 5.74) is 5.78. The zero-order valence-corrected chi connectivity index (χ0v) is 13.3. The fourth-order valence-corrected chi connectivity index (χ4v) is 1.68. The Balaban J connectivity index is 4.58. The maximum Gasteiger partial charge on any atom is 0.326 e. The van der Waals surface area contributed by atoms with E-state index in [-0.39, 0.29) is 11.8 Å². The van der Waals surface area contributed by atoms with E-state index in [1.807, 2.05) is 13.8 Å². The van der Waals surface area contributed by atoms with Crippen molar-refractivity contribution in [2.24, 2.45) is 17.6 Å². The van der Waals surface area contributed by atoms with Crippen molar-refractivity contribution < 1.29 is 19.5 Å². The molecule has 0 unspecified atom stereocenters. The van der Waals surface area contributed by atoms with Gasteiger partial charge in [-0.05, 0) is 18.8 Å². The normalized spacial score (nSPS) is 16.7. The first-order valence-corrected chi connectivity index (χ1v) is 7.20. The summed E-state index contributed by atoms with van der Waals surface area (Å²) in [5, 5.41) is 13.9. The molecule has 5 N–H and O–H groups in total. The summed E-state index contributed by atoms with van der Waals surface area (Å²) in [6.07, 6.45) is 0.754. The first-order valence-electron chi connectivity index (χ1n) is 7.20. The number of carbonyl (C=O) groups excluding carboxylic acids is 2. The van der Waals surface area contributed by atoms with E-state index in [1.54, 1.807) is 13.8 Å². The van der Waals surface area contributed by atoms with Crippen LogP contribution in [0.5, 0.6) is 0 Å². The van der Waals surface area contributed by atoms with E-state index in [2.05, 4.69) is 10.6 Å². The highest BCUT2D eigenvalue weighted by Gasteiger charge is 2.28. The van der Waals surface area contributed by atoms with Crippen LogP contribution in [0.25, 0.3) is 0 Å². The Labute approximate surface area is 125 Å². The number of nitrogens with two attached hydrogens (primary N) is 1. The van der Waals surface area contributed by atoms with Crippen molar-refractivity contribution in [3.63, 3.8) is 0 Å². The highest BCUT2D eigenvalue weighted by atomic mass is 16.4. The van der Waals surface area contributed by atoms with Crippen LogP contribution in [-0.2, 0) is 14.4 Å². The van der Waals surface area contributed by atoms with Crippen molar-refractivity contribution in [3.05, 3.63) is 0 Å². The van der Waals surface area contributed by atoms with Gasteiger partial charge in [-0.15, -0.1) is 0 Å². The highest BCUT2D eigenvalue weighted by Crippen LogP contribution is 2.06. The van der Waals surface area contributed by atoms with Crippen molar-refractivity contribution in [3.8, 4) is 0 Å². The molecule has 4 atom stereocenters. The number of nitrogens with one attached hydrogen (secondary N) is 2. The lowest BCUT2D eigenvalue weighted by atomic mass is 9.99. The summed E-state index contributed by atoms with van der Waals surface area (Å²) in [7, 11) is 0. The Morgan fingerprint density at radius 3 is 1.95 bits per heavy atom. The molecule has 0 aliphatic rings. The lowest BCUT2D eigenvalue weighted by Crippen LogP contribution is -2.55. The lowest BCUT2D eigenvalue weighted by Gasteiger charge is -2.23. The number of rotatable bonds is 8. The fourth-order valence-electron chi connectivity index (χ4n) is 1.68. The summed E-state index contributed by atoms with van der Waals surface area (Å²) >= 11 is 0. The van der Waals surface area contributed by atoms with Crippen LogP contribution in [0.3, 0.4) is 0 Å². The maximum atomic E-state index is 11.9. The lowest BCUT2D eigenvalue weighted by molar-refractivity contribution is -0.143. The summed E-state index contributed by atoms with van der Waals surface area (Å²) in [6.45, 7) is 8.67. The largest absolute Gasteiger partial charge is 0.480 e. The molecular weight excluding hydrogens is 274 g/mol. The Morgan fingerprint density at radius 1 is 1.05 bits per heavy atom. The smallest absolute Gasteiger partial charge is 0.326 e. The van der Waals surface area contributed by atoms with Gasteiger partial charge < -0.3 is 21.5 Å². The van der Waals surface area contributed by atoms with Crippen molar-refractivity contribution >= 4 is 17.8 Å². The molecule has 0 spiro atoms. The van der Waals surface area contributed by atoms with Gasteiger partial charge in [0.25, 0.3) is 0 Å². The average Bonchev–Trinajstić information content (AvgIpc) is 2.41. The minimum atomic E-state index is -1.10. The van der Waals surface area contributed by atoms with Gasteiger partial charge in [-0.1, -0.05) is 34.1 Å². The first-order chi connectivity index (χ1) is 9.61. The molecule has 0 aliphatic heterocycles. The number of carbonyl (C=O) groups is 3. The SMILES string of the molecule is CC[C@H](C)[C@H](N)C(=O)N[C@@H](C)C(=O)N[C@H](C(=O)O)C(C)C. The van der Waals surface area contributed by atoms with Gasteiger partial charge >= 0.3 is 5.97 Å². The second-order valence-electron chi connectivity index (χ2n) is 5.71. The minimum Gasteiger partial charge on any atom is -0.480 e. The third kappa shape index (κ3) is 6.12. The summed E-state index contributed by atoms with van der Waals surface area (Å²) in [6, 6.07) is -2.51. The highest BCUT2D eigenvalue weighted by molar-refractivity contribution is 5.91. The molecule has 122 valence electrons. The molecule has 21 heavy (non-hydrogen) atoms. The number of aliphatic carboxylic acids is 1. The molecule has 0 aromatic rings. The Kier molecular flexibility index (Phi) is 7.94. The van der Waals surface area contributed by atoms with E-state index in [1.165, 1.54) is 6.92 Å². The maximum absolute atomic E-state index is 11.9. The predicted octanol–water partition coefficient (Wildman–Crippen LogP) is 0.0899. The number of amides is 2. The Morgan fingerprint density at radius 2 is 1.57 bits per heavy atom. The summed E-state index contributed by atoms with van der Waals surface area (Å²) in [4.78, 5) is 34.8. The van der Waals surface area contributed by atoms with Gasteiger partial charge in [0.2, 0.25) is 11.8 Å². The van der Waals surface area contributed by atoms with Gasteiger partial charge in [-0.2, -0.15) is 0 Å². The molecule has 0 rings (SSSR count). The van der Waals surface area contributed by atoms with Gasteiger partial charge in [0.05, 0.1) is 6.04 Å². The molecule has 0 heterocycles. The van der Waals surface area contributed by atoms with Crippen LogP contribution in [0.4, 0.5) is 0 Å². The topological polar surface area (TPSA) is 122 Å². The fraction of sp³-hybridized carbons (Fsp3) is 0.786. The Hall–Kier alpha value is -1.63. The van der Waals surface area contributed by atoms with Crippen molar-refractivity contribution in [2.45, 2.75) is 59.2 Å². The second-order valence-corrected chi connectivity index (χ2v) is 5.71. The van der Waals surface area contributed by atoms with Crippen LogP contribution in [0, 0.1) is 11.8 Å². The third-order valence-electron chi connectivity index (χ3n) is 3.54. The monoisotopic (exact) mass is 301 g/mol. The average molecular weight is 301 g/mol. The van der Waals surface area contributed by atoms with Crippen molar-refractivity contribution in [1.29, 1.82) is 0 Å². The molecule has 0 aromatic heterocycles. The molecule has 7 heteroatoms. The number of hydrogen-bond donors (Lipinski definition) is 4. The summed E-state index contributed by atoms with van der Waals surface area (Å²) < 4.78 is 0. The van der Waals surface area contributed by atoms with Crippen LogP contribution < -0.4 is 16.4 Å². The van der Waals surface area contributed by atoms with E-state index in [4.69, 9.17) is 10.8 Å².